The molecule has 4 N–H and O–H groups in total. The van der Waals surface area contributed by atoms with E-state index in [0.717, 1.165) is 22.3 Å². The summed E-state index contributed by atoms with van der Waals surface area (Å²) in [6, 6.07) is 19.8. The summed E-state index contributed by atoms with van der Waals surface area (Å²) in [5, 5.41) is 2.86. The van der Waals surface area contributed by atoms with Gasteiger partial charge in [-0.1, -0.05) is 59.7 Å². The van der Waals surface area contributed by atoms with Gasteiger partial charge in [0, 0.05) is 0 Å². The molecule has 278 valence electrons. The SMILES string of the molecule is Cc1ccc(NN(c2ccc(C=Cc3ccc(N(Nc4ccc(C)cc4C)c4ncncn4)cc3S(=O)(=O)O)c(S(=O)(=O)O)c2)c2ncncn2)c(C)c1.[NaH]. The fourth-order valence-corrected chi connectivity index (χ4v) is 6.91. The van der Waals surface area contributed by atoms with Gasteiger partial charge in [0.25, 0.3) is 32.1 Å². The van der Waals surface area contributed by atoms with E-state index in [2.05, 4.69) is 40.8 Å². The van der Waals surface area contributed by atoms with Gasteiger partial charge in [-0.3, -0.25) is 20.0 Å². The molecule has 0 atom stereocenters. The molecule has 4 aromatic carbocycles. The second-order valence-corrected chi connectivity index (χ2v) is 14.9. The normalized spacial score (nSPS) is 11.5. The Morgan fingerprint density at radius 2 is 0.909 bits per heavy atom. The number of hydrogen-bond donors (Lipinski definition) is 4. The number of nitrogens with one attached hydrogen (secondary N) is 2. The zero-order valence-corrected chi connectivity index (χ0v) is 30.9. The molecule has 19 heteroatoms. The summed E-state index contributed by atoms with van der Waals surface area (Å²) in [5.74, 6) is 0.261. The summed E-state index contributed by atoms with van der Waals surface area (Å²) in [6.07, 6.45) is 7.72. The van der Waals surface area contributed by atoms with Gasteiger partial charge in [-0.05, 0) is 86.3 Å². The Hall–Kier alpha value is -5.34. The van der Waals surface area contributed by atoms with E-state index < -0.39 is 30.0 Å². The van der Waals surface area contributed by atoms with Crippen LogP contribution in [0.1, 0.15) is 33.4 Å². The van der Waals surface area contributed by atoms with E-state index in [0.29, 0.717) is 11.4 Å². The molecule has 0 radical (unpaired) electrons. The van der Waals surface area contributed by atoms with E-state index in [-0.39, 0.29) is 64.0 Å². The van der Waals surface area contributed by atoms with Crippen molar-refractivity contribution in [3.63, 3.8) is 0 Å². The molecule has 0 saturated carbocycles. The van der Waals surface area contributed by atoms with Crippen molar-refractivity contribution in [1.82, 2.24) is 29.9 Å². The van der Waals surface area contributed by atoms with Gasteiger partial charge in [-0.2, -0.15) is 36.8 Å². The Balaban J connectivity index is 0.00000580. The first-order chi connectivity index (χ1) is 25.7. The molecule has 0 aliphatic rings. The van der Waals surface area contributed by atoms with Gasteiger partial charge >= 0.3 is 29.6 Å². The average molecular weight is 791 g/mol. The summed E-state index contributed by atoms with van der Waals surface area (Å²) in [7, 11) is -9.69. The van der Waals surface area contributed by atoms with Crippen molar-refractivity contribution in [2.24, 2.45) is 0 Å². The molecule has 0 unspecified atom stereocenters. The molecule has 0 amide bonds. The van der Waals surface area contributed by atoms with Crippen LogP contribution in [0, 0.1) is 27.7 Å². The van der Waals surface area contributed by atoms with Crippen molar-refractivity contribution in [2.45, 2.75) is 37.5 Å². The van der Waals surface area contributed by atoms with Gasteiger partial charge < -0.3 is 0 Å². The summed E-state index contributed by atoms with van der Waals surface area (Å²) in [5.41, 5.74) is 12.1. The first kappa shape index (κ1) is 40.8. The van der Waals surface area contributed by atoms with E-state index >= 15 is 0 Å². The van der Waals surface area contributed by atoms with Crippen LogP contribution in [0.4, 0.5) is 34.6 Å². The molecule has 0 spiro atoms. The van der Waals surface area contributed by atoms with Crippen LogP contribution < -0.4 is 20.9 Å². The van der Waals surface area contributed by atoms with Crippen LogP contribution in [0.25, 0.3) is 12.2 Å². The monoisotopic (exact) mass is 790 g/mol. The van der Waals surface area contributed by atoms with Gasteiger partial charge in [0.15, 0.2) is 0 Å². The van der Waals surface area contributed by atoms with Gasteiger partial charge in [-0.25, -0.2) is 20.0 Å². The molecule has 0 aliphatic carbocycles. The van der Waals surface area contributed by atoms with Crippen molar-refractivity contribution in [2.75, 3.05) is 20.9 Å². The first-order valence-corrected chi connectivity index (χ1v) is 19.0. The maximum absolute atomic E-state index is 12.8. The summed E-state index contributed by atoms with van der Waals surface area (Å²) in [4.78, 5) is 23.6. The van der Waals surface area contributed by atoms with Gasteiger partial charge in [0.1, 0.15) is 35.1 Å². The molecule has 0 fully saturated rings. The maximum atomic E-state index is 12.8. The second kappa shape index (κ2) is 17.0. The van der Waals surface area contributed by atoms with Crippen LogP contribution in [-0.2, 0) is 20.2 Å². The van der Waals surface area contributed by atoms with E-state index in [1.807, 2.05) is 64.1 Å². The molecule has 0 aliphatic heterocycles. The number of rotatable bonds is 12. The first-order valence-electron chi connectivity index (χ1n) is 16.1. The Morgan fingerprint density at radius 1 is 0.545 bits per heavy atom. The van der Waals surface area contributed by atoms with Crippen LogP contribution in [0.3, 0.4) is 0 Å². The van der Waals surface area contributed by atoms with Crippen LogP contribution in [0.5, 0.6) is 0 Å². The second-order valence-electron chi connectivity index (χ2n) is 12.1. The molecule has 55 heavy (non-hydrogen) atoms. The summed E-state index contributed by atoms with van der Waals surface area (Å²) < 4.78 is 71.8. The number of anilines is 6. The molecular formula is C36H35N10NaO6S2. The molecule has 16 nitrogen and oxygen atoms in total. The summed E-state index contributed by atoms with van der Waals surface area (Å²) in [6.45, 7) is 7.71. The number of hydrazine groups is 2. The van der Waals surface area contributed by atoms with Crippen molar-refractivity contribution in [3.05, 3.63) is 131 Å². The van der Waals surface area contributed by atoms with E-state index in [1.54, 1.807) is 12.1 Å². The molecule has 0 saturated heterocycles. The van der Waals surface area contributed by atoms with Crippen LogP contribution in [-0.4, -0.2) is 85.4 Å². The van der Waals surface area contributed by atoms with E-state index in [4.69, 9.17) is 0 Å². The molecule has 6 rings (SSSR count). The third-order valence-electron chi connectivity index (χ3n) is 8.10. The number of aromatic nitrogens is 6. The zero-order valence-electron chi connectivity index (χ0n) is 29.3. The summed E-state index contributed by atoms with van der Waals surface area (Å²) >= 11 is 0. The van der Waals surface area contributed by atoms with Crippen molar-refractivity contribution in [3.8, 4) is 0 Å². The van der Waals surface area contributed by atoms with Crippen molar-refractivity contribution < 1.29 is 25.9 Å². The molecule has 6 aromatic rings. The van der Waals surface area contributed by atoms with Crippen LogP contribution >= 0.6 is 0 Å². The Kier molecular flexibility index (Phi) is 12.6. The molecule has 2 aromatic heterocycles. The van der Waals surface area contributed by atoms with Crippen LogP contribution in [0.15, 0.2) is 108 Å². The quantitative estimate of drug-likeness (QED) is 0.0511. The third kappa shape index (κ3) is 9.86. The average Bonchev–Trinajstić information content (AvgIpc) is 3.13. The van der Waals surface area contributed by atoms with Crippen molar-refractivity contribution >= 4 is 96.6 Å². The zero-order chi connectivity index (χ0) is 38.6. The van der Waals surface area contributed by atoms with Gasteiger partial charge in [0.05, 0.1) is 22.7 Å². The predicted molar refractivity (Wildman–Crippen MR) is 212 cm³/mol. The van der Waals surface area contributed by atoms with Gasteiger partial charge in [0.2, 0.25) is 0 Å². The van der Waals surface area contributed by atoms with E-state index in [9.17, 15) is 25.9 Å². The fourth-order valence-electron chi connectivity index (χ4n) is 5.50. The van der Waals surface area contributed by atoms with Crippen LogP contribution in [0.2, 0.25) is 0 Å². The molecular weight excluding hydrogens is 756 g/mol. The third-order valence-corrected chi connectivity index (χ3v) is 9.92. The number of nitrogens with zero attached hydrogens (tertiary/aromatic N) is 8. The fraction of sp³-hybridized carbons (Fsp3) is 0.111. The number of aryl methyl sites for hydroxylation is 4. The van der Waals surface area contributed by atoms with Crippen molar-refractivity contribution in [1.29, 1.82) is 0 Å². The molecule has 0 bridgehead atoms. The minimum absolute atomic E-state index is 0. The Bertz CT molecular complexity index is 2410. The number of benzene rings is 4. The minimum atomic E-state index is -4.85. The standard InChI is InChI=1S/C36H34N10O6S2.Na.H/c1-23-5-13-31(25(3)15-23)43-45(35-39-19-37-20-40-35)29-11-9-27(33(17-29)53(47,48)49)7-8-28-10-12-30(18-34(28)54(50,51)52)46(36-41-21-38-22-42-36)44-32-14-6-24(2)16-26(32)4;;/h5-22,43-44H,1-4H3,(H,47,48,49)(H,50,51,52);;. The van der Waals surface area contributed by atoms with Gasteiger partial charge in [-0.15, -0.1) is 0 Å². The predicted octanol–water partition coefficient (Wildman–Crippen LogP) is 5.64. The van der Waals surface area contributed by atoms with E-state index in [1.165, 1.54) is 71.7 Å². The number of hydrogen-bond acceptors (Lipinski definition) is 14. The Labute approximate surface area is 340 Å². The Morgan fingerprint density at radius 3 is 1.24 bits per heavy atom. The molecule has 2 heterocycles. The topological polar surface area (TPSA) is 217 Å².